The van der Waals surface area contributed by atoms with Crippen LogP contribution in [-0.4, -0.2) is 17.9 Å². The Morgan fingerprint density at radius 3 is 3.00 bits per heavy atom. The summed E-state index contributed by atoms with van der Waals surface area (Å²) in [7, 11) is 0. The van der Waals surface area contributed by atoms with Gasteiger partial charge < -0.3 is 4.84 Å². The molecule has 0 aromatic rings. The Labute approximate surface area is 77.4 Å². The van der Waals surface area contributed by atoms with E-state index in [4.69, 9.17) is 10.4 Å². The van der Waals surface area contributed by atoms with Gasteiger partial charge in [0.15, 0.2) is 0 Å². The van der Waals surface area contributed by atoms with Crippen molar-refractivity contribution in [1.29, 1.82) is 0 Å². The third kappa shape index (κ3) is 2.63. The maximum absolute atomic E-state index is 8.15. The van der Waals surface area contributed by atoms with Crippen LogP contribution < -0.4 is 0 Å². The van der Waals surface area contributed by atoms with Crippen LogP contribution in [0, 0.1) is 5.92 Å². The third-order valence-electron chi connectivity index (χ3n) is 2.07. The van der Waals surface area contributed by atoms with Crippen LogP contribution in [0.15, 0.2) is 10.3 Å². The van der Waals surface area contributed by atoms with Gasteiger partial charge in [0, 0.05) is 10.8 Å². The van der Waals surface area contributed by atoms with Crippen LogP contribution in [0.4, 0.5) is 0 Å². The second-order valence-electron chi connectivity index (χ2n) is 3.93. The Morgan fingerprint density at radius 1 is 1.77 bits per heavy atom. The predicted molar refractivity (Wildman–Crippen MR) is 50.4 cm³/mol. The Bertz CT molecular complexity index is 265. The molecule has 0 bridgehead atoms. The zero-order chi connectivity index (χ0) is 9.90. The van der Waals surface area contributed by atoms with E-state index in [0.29, 0.717) is 12.5 Å². The van der Waals surface area contributed by atoms with Gasteiger partial charge in [-0.1, -0.05) is 17.2 Å². The number of rotatable bonds is 2. The van der Waals surface area contributed by atoms with Crippen molar-refractivity contribution in [2.24, 2.45) is 16.2 Å². The van der Waals surface area contributed by atoms with Crippen molar-refractivity contribution in [3.8, 4) is 0 Å². The van der Waals surface area contributed by atoms with Gasteiger partial charge in [0.25, 0.3) is 0 Å². The molecule has 0 amide bonds. The van der Waals surface area contributed by atoms with Gasteiger partial charge in [-0.3, -0.25) is 0 Å². The first-order valence-electron chi connectivity index (χ1n) is 4.31. The number of oxime groups is 1. The summed E-state index contributed by atoms with van der Waals surface area (Å²) in [4.78, 5) is 7.94. The van der Waals surface area contributed by atoms with E-state index < -0.39 is 0 Å². The molecule has 0 fully saturated rings. The quantitative estimate of drug-likeness (QED) is 0.367. The van der Waals surface area contributed by atoms with Crippen LogP contribution in [0.5, 0.6) is 0 Å². The first-order chi connectivity index (χ1) is 6.05. The fourth-order valence-corrected chi connectivity index (χ4v) is 1.45. The average molecular weight is 182 g/mol. The molecule has 1 aliphatic rings. The first kappa shape index (κ1) is 9.86. The topological polar surface area (TPSA) is 70.4 Å². The number of azide groups is 1. The van der Waals surface area contributed by atoms with Crippen molar-refractivity contribution in [2.45, 2.75) is 32.8 Å². The van der Waals surface area contributed by atoms with Gasteiger partial charge in [-0.25, -0.2) is 0 Å². The molecule has 5 nitrogen and oxygen atoms in total. The minimum absolute atomic E-state index is 0.195. The lowest BCUT2D eigenvalue weighted by Crippen LogP contribution is -2.34. The monoisotopic (exact) mass is 182 g/mol. The Kier molecular flexibility index (Phi) is 2.78. The molecule has 0 radical (unpaired) electrons. The molecule has 0 aromatic carbocycles. The molecule has 0 spiro atoms. The second-order valence-corrected chi connectivity index (χ2v) is 3.93. The highest BCUT2D eigenvalue weighted by atomic mass is 16.6. The molecular formula is C8H14N4O. The lowest BCUT2D eigenvalue weighted by Gasteiger charge is -2.31. The van der Waals surface area contributed by atoms with Crippen LogP contribution in [0.25, 0.3) is 10.4 Å². The summed E-state index contributed by atoms with van der Waals surface area (Å²) in [5.41, 5.74) is 8.78. The standard InChI is InChI=1S/C8H14N4O/c1-6-4-8(2,3)13-11-7(6)5-10-12-9/h6H,4-5H2,1-3H3. The van der Waals surface area contributed by atoms with Crippen molar-refractivity contribution < 1.29 is 4.84 Å². The van der Waals surface area contributed by atoms with E-state index >= 15 is 0 Å². The lowest BCUT2D eigenvalue weighted by molar-refractivity contribution is -0.0381. The van der Waals surface area contributed by atoms with Gasteiger partial charge in [0.05, 0.1) is 12.3 Å². The van der Waals surface area contributed by atoms with Crippen molar-refractivity contribution >= 4 is 5.71 Å². The Balaban J connectivity index is 2.67. The van der Waals surface area contributed by atoms with Crippen molar-refractivity contribution in [1.82, 2.24) is 0 Å². The van der Waals surface area contributed by atoms with Gasteiger partial charge in [0.1, 0.15) is 5.60 Å². The molecule has 72 valence electrons. The zero-order valence-electron chi connectivity index (χ0n) is 8.19. The summed E-state index contributed by atoms with van der Waals surface area (Å²) in [5, 5.41) is 7.42. The number of hydrogen-bond acceptors (Lipinski definition) is 3. The van der Waals surface area contributed by atoms with Gasteiger partial charge in [-0.15, -0.1) is 0 Å². The van der Waals surface area contributed by atoms with Gasteiger partial charge >= 0.3 is 0 Å². The average Bonchev–Trinajstić information content (AvgIpc) is 2.02. The smallest absolute Gasteiger partial charge is 0.132 e. The minimum Gasteiger partial charge on any atom is -0.390 e. The Morgan fingerprint density at radius 2 is 2.46 bits per heavy atom. The normalized spacial score (nSPS) is 25.5. The summed E-state index contributed by atoms with van der Waals surface area (Å²) >= 11 is 0. The molecule has 1 heterocycles. The SMILES string of the molecule is CC1CC(C)(C)ON=C1CN=[N+]=[N-]. The number of nitrogens with zero attached hydrogens (tertiary/aromatic N) is 4. The predicted octanol–water partition coefficient (Wildman–Crippen LogP) is 2.49. The second kappa shape index (κ2) is 3.66. The molecule has 0 aliphatic carbocycles. The fraction of sp³-hybridized carbons (Fsp3) is 0.875. The highest BCUT2D eigenvalue weighted by Crippen LogP contribution is 2.26. The van der Waals surface area contributed by atoms with Crippen LogP contribution in [0.1, 0.15) is 27.2 Å². The summed E-state index contributed by atoms with van der Waals surface area (Å²) < 4.78 is 0. The van der Waals surface area contributed by atoms with Crippen molar-refractivity contribution in [3.05, 3.63) is 10.4 Å². The highest BCUT2D eigenvalue weighted by Gasteiger charge is 2.29. The molecule has 0 N–H and O–H groups in total. The van der Waals surface area contributed by atoms with E-state index in [2.05, 4.69) is 22.1 Å². The largest absolute Gasteiger partial charge is 0.390 e. The highest BCUT2D eigenvalue weighted by molar-refractivity contribution is 5.88. The van der Waals surface area contributed by atoms with Crippen LogP contribution >= 0.6 is 0 Å². The maximum atomic E-state index is 8.15. The molecule has 0 saturated heterocycles. The van der Waals surface area contributed by atoms with Gasteiger partial charge in [-0.2, -0.15) is 0 Å². The van der Waals surface area contributed by atoms with Gasteiger partial charge in [-0.05, 0) is 25.8 Å². The Hall–Kier alpha value is -1.22. The molecule has 13 heavy (non-hydrogen) atoms. The van der Waals surface area contributed by atoms with E-state index in [1.54, 1.807) is 0 Å². The van der Waals surface area contributed by atoms with Crippen LogP contribution in [-0.2, 0) is 4.84 Å². The van der Waals surface area contributed by atoms with E-state index in [0.717, 1.165) is 12.1 Å². The fourth-order valence-electron chi connectivity index (χ4n) is 1.45. The van der Waals surface area contributed by atoms with Crippen LogP contribution in [0.2, 0.25) is 0 Å². The maximum Gasteiger partial charge on any atom is 0.132 e. The summed E-state index contributed by atoms with van der Waals surface area (Å²) in [5.74, 6) is 0.328. The zero-order valence-corrected chi connectivity index (χ0v) is 8.19. The molecule has 1 atom stereocenters. The van der Waals surface area contributed by atoms with E-state index in [9.17, 15) is 0 Å². The van der Waals surface area contributed by atoms with Crippen LogP contribution in [0.3, 0.4) is 0 Å². The first-order valence-corrected chi connectivity index (χ1v) is 4.31. The van der Waals surface area contributed by atoms with E-state index in [1.165, 1.54) is 0 Å². The molecule has 5 heteroatoms. The molecular weight excluding hydrogens is 168 g/mol. The third-order valence-corrected chi connectivity index (χ3v) is 2.07. The summed E-state index contributed by atoms with van der Waals surface area (Å²) in [6.07, 6.45) is 0.910. The lowest BCUT2D eigenvalue weighted by atomic mass is 9.90. The summed E-state index contributed by atoms with van der Waals surface area (Å²) in [6, 6.07) is 0. The van der Waals surface area contributed by atoms with E-state index in [1.807, 2.05) is 13.8 Å². The van der Waals surface area contributed by atoms with E-state index in [-0.39, 0.29) is 5.60 Å². The number of hydrogen-bond donors (Lipinski definition) is 0. The minimum atomic E-state index is -0.195. The van der Waals surface area contributed by atoms with Crippen molar-refractivity contribution in [2.75, 3.05) is 6.54 Å². The van der Waals surface area contributed by atoms with Crippen molar-refractivity contribution in [3.63, 3.8) is 0 Å². The molecule has 1 unspecified atom stereocenters. The molecule has 0 aromatic heterocycles. The van der Waals surface area contributed by atoms with Gasteiger partial charge in [0.2, 0.25) is 0 Å². The molecule has 0 saturated carbocycles. The molecule has 1 aliphatic heterocycles. The molecule has 1 rings (SSSR count). The summed E-state index contributed by atoms with van der Waals surface area (Å²) in [6.45, 7) is 6.37.